The van der Waals surface area contributed by atoms with Crippen LogP contribution in [0.25, 0.3) is 0 Å². The van der Waals surface area contributed by atoms with Crippen molar-refractivity contribution in [2.24, 2.45) is 5.92 Å². The predicted molar refractivity (Wildman–Crippen MR) is 114 cm³/mol. The van der Waals surface area contributed by atoms with Gasteiger partial charge in [0.1, 0.15) is 6.04 Å². The Morgan fingerprint density at radius 1 is 1.04 bits per heavy atom. The zero-order valence-electron chi connectivity index (χ0n) is 16.4. The van der Waals surface area contributed by atoms with Gasteiger partial charge in [0, 0.05) is 23.1 Å². The molecule has 150 valence electrons. The molecule has 0 aliphatic rings. The molecule has 2 amide bonds. The first-order valence-electron chi connectivity index (χ1n) is 9.33. The van der Waals surface area contributed by atoms with Gasteiger partial charge < -0.3 is 10.2 Å². The molecule has 0 fully saturated rings. The first-order valence-corrected chi connectivity index (χ1v) is 10.1. The highest BCUT2D eigenvalue weighted by molar-refractivity contribution is 6.31. The molecule has 6 heteroatoms. The number of carbonyl (C=O) groups is 2. The normalized spacial score (nSPS) is 11.9. The van der Waals surface area contributed by atoms with Crippen LogP contribution in [-0.4, -0.2) is 29.3 Å². The van der Waals surface area contributed by atoms with Crippen LogP contribution in [0.2, 0.25) is 10.0 Å². The Balaban J connectivity index is 2.22. The highest BCUT2D eigenvalue weighted by Gasteiger charge is 2.26. The molecule has 2 rings (SSSR count). The molecule has 0 aliphatic heterocycles. The summed E-state index contributed by atoms with van der Waals surface area (Å²) in [6.07, 6.45) is 0.127. The summed E-state index contributed by atoms with van der Waals surface area (Å²) in [5.74, 6) is -0.0140. The molecule has 1 N–H and O–H groups in total. The average Bonchev–Trinajstić information content (AvgIpc) is 2.65. The molecular weight excluding hydrogens is 395 g/mol. The molecule has 2 aromatic rings. The van der Waals surface area contributed by atoms with E-state index in [1.807, 2.05) is 44.2 Å². The van der Waals surface area contributed by atoms with E-state index in [0.29, 0.717) is 29.1 Å². The topological polar surface area (TPSA) is 49.4 Å². The molecular formula is C22H26Cl2N2O2. The van der Waals surface area contributed by atoms with Crippen LogP contribution in [0.5, 0.6) is 0 Å². The molecule has 0 saturated carbocycles. The predicted octanol–water partition coefficient (Wildman–Crippen LogP) is 4.73. The van der Waals surface area contributed by atoms with Crippen molar-refractivity contribution in [1.29, 1.82) is 0 Å². The number of amides is 2. The largest absolute Gasteiger partial charge is 0.354 e. The van der Waals surface area contributed by atoms with Gasteiger partial charge in [0.15, 0.2) is 0 Å². The van der Waals surface area contributed by atoms with Crippen molar-refractivity contribution < 1.29 is 9.59 Å². The third kappa shape index (κ3) is 6.54. The monoisotopic (exact) mass is 420 g/mol. The summed E-state index contributed by atoms with van der Waals surface area (Å²) in [7, 11) is 0. The summed E-state index contributed by atoms with van der Waals surface area (Å²) in [6.45, 7) is 6.65. The fourth-order valence-electron chi connectivity index (χ4n) is 2.77. The van der Waals surface area contributed by atoms with Gasteiger partial charge in [-0.05, 0) is 42.2 Å². The summed E-state index contributed by atoms with van der Waals surface area (Å²) in [5.41, 5.74) is 1.60. The highest BCUT2D eigenvalue weighted by atomic mass is 35.5. The molecule has 28 heavy (non-hydrogen) atoms. The number of carbonyl (C=O) groups excluding carboxylic acids is 2. The first-order chi connectivity index (χ1) is 13.3. The minimum atomic E-state index is -0.618. The van der Waals surface area contributed by atoms with E-state index in [9.17, 15) is 9.59 Å². The van der Waals surface area contributed by atoms with Crippen molar-refractivity contribution in [3.05, 3.63) is 69.7 Å². The van der Waals surface area contributed by atoms with Gasteiger partial charge in [0.2, 0.25) is 11.8 Å². The zero-order chi connectivity index (χ0) is 20.7. The fraction of sp³-hybridized carbons (Fsp3) is 0.364. The van der Waals surface area contributed by atoms with E-state index in [-0.39, 0.29) is 18.2 Å². The molecule has 0 saturated heterocycles. The number of nitrogens with zero attached hydrogens (tertiary/aromatic N) is 1. The molecule has 0 unspecified atom stereocenters. The van der Waals surface area contributed by atoms with Crippen molar-refractivity contribution in [3.63, 3.8) is 0 Å². The van der Waals surface area contributed by atoms with Crippen LogP contribution in [-0.2, 0) is 22.6 Å². The summed E-state index contributed by atoms with van der Waals surface area (Å²) in [5, 5.41) is 4.03. The van der Waals surface area contributed by atoms with Crippen LogP contribution in [0.3, 0.4) is 0 Å². The Bertz CT molecular complexity index is 824. The number of nitrogens with one attached hydrogen (secondary N) is 1. The van der Waals surface area contributed by atoms with Crippen LogP contribution in [0, 0.1) is 5.92 Å². The van der Waals surface area contributed by atoms with Gasteiger partial charge in [-0.1, -0.05) is 67.4 Å². The standard InChI is InChI=1S/C22H26Cl2N2O2/c1-15(2)13-25-22(28)16(3)26(14-17-7-6-9-19(23)11-17)21(27)12-18-8-4-5-10-20(18)24/h4-11,15-16H,12-14H2,1-3H3,(H,25,28)/t16-/m1/s1. The minimum Gasteiger partial charge on any atom is -0.354 e. The smallest absolute Gasteiger partial charge is 0.242 e. The van der Waals surface area contributed by atoms with E-state index < -0.39 is 6.04 Å². The van der Waals surface area contributed by atoms with Crippen molar-refractivity contribution in [2.45, 2.75) is 39.8 Å². The number of hydrogen-bond donors (Lipinski definition) is 1. The molecule has 2 aromatic carbocycles. The Morgan fingerprint density at radius 2 is 1.75 bits per heavy atom. The Morgan fingerprint density at radius 3 is 2.39 bits per heavy atom. The summed E-state index contributed by atoms with van der Waals surface area (Å²) >= 11 is 12.3. The number of halogens is 2. The van der Waals surface area contributed by atoms with Gasteiger partial charge in [-0.25, -0.2) is 0 Å². The SMILES string of the molecule is CC(C)CNC(=O)[C@@H](C)N(Cc1cccc(Cl)c1)C(=O)Cc1ccccc1Cl. The van der Waals surface area contributed by atoms with Gasteiger partial charge >= 0.3 is 0 Å². The van der Waals surface area contributed by atoms with Crippen LogP contribution >= 0.6 is 23.2 Å². The average molecular weight is 421 g/mol. The second-order valence-electron chi connectivity index (χ2n) is 7.23. The lowest BCUT2D eigenvalue weighted by Gasteiger charge is -2.29. The molecule has 1 atom stereocenters. The quantitative estimate of drug-likeness (QED) is 0.670. The van der Waals surface area contributed by atoms with Crippen molar-refractivity contribution >= 4 is 35.0 Å². The maximum Gasteiger partial charge on any atom is 0.242 e. The van der Waals surface area contributed by atoms with Crippen LogP contribution in [0.15, 0.2) is 48.5 Å². The molecule has 0 bridgehead atoms. The molecule has 0 aromatic heterocycles. The summed E-state index contributed by atoms with van der Waals surface area (Å²) < 4.78 is 0. The third-order valence-corrected chi connectivity index (χ3v) is 5.00. The van der Waals surface area contributed by atoms with E-state index in [2.05, 4.69) is 5.32 Å². The Labute approximate surface area is 176 Å². The molecule has 0 spiro atoms. The first kappa shape index (κ1) is 22.3. The number of benzene rings is 2. The second kappa shape index (κ2) is 10.5. The van der Waals surface area contributed by atoms with Crippen molar-refractivity contribution in [3.8, 4) is 0 Å². The summed E-state index contributed by atoms with van der Waals surface area (Å²) in [6, 6.07) is 13.9. The van der Waals surface area contributed by atoms with Crippen molar-refractivity contribution in [1.82, 2.24) is 10.2 Å². The fourth-order valence-corrected chi connectivity index (χ4v) is 3.19. The number of rotatable bonds is 8. The lowest BCUT2D eigenvalue weighted by atomic mass is 10.1. The molecule has 0 radical (unpaired) electrons. The minimum absolute atomic E-state index is 0.127. The van der Waals surface area contributed by atoms with Gasteiger partial charge in [0.25, 0.3) is 0 Å². The van der Waals surface area contributed by atoms with E-state index in [1.165, 1.54) is 0 Å². The lowest BCUT2D eigenvalue weighted by Crippen LogP contribution is -2.48. The van der Waals surface area contributed by atoms with Crippen LogP contribution < -0.4 is 5.32 Å². The van der Waals surface area contributed by atoms with Crippen LogP contribution in [0.1, 0.15) is 31.9 Å². The molecule has 0 heterocycles. The third-order valence-electron chi connectivity index (χ3n) is 4.39. The number of hydrogen-bond acceptors (Lipinski definition) is 2. The Hall–Kier alpha value is -2.04. The lowest BCUT2D eigenvalue weighted by molar-refractivity contribution is -0.140. The second-order valence-corrected chi connectivity index (χ2v) is 8.08. The van der Waals surface area contributed by atoms with Gasteiger partial charge in [-0.15, -0.1) is 0 Å². The summed E-state index contributed by atoms with van der Waals surface area (Å²) in [4.78, 5) is 27.3. The Kier molecular flexibility index (Phi) is 8.34. The van der Waals surface area contributed by atoms with E-state index in [1.54, 1.807) is 30.0 Å². The van der Waals surface area contributed by atoms with E-state index >= 15 is 0 Å². The van der Waals surface area contributed by atoms with Crippen LogP contribution in [0.4, 0.5) is 0 Å². The highest BCUT2D eigenvalue weighted by Crippen LogP contribution is 2.19. The van der Waals surface area contributed by atoms with Crippen molar-refractivity contribution in [2.75, 3.05) is 6.54 Å². The van der Waals surface area contributed by atoms with E-state index in [0.717, 1.165) is 11.1 Å². The van der Waals surface area contributed by atoms with Gasteiger partial charge in [0.05, 0.1) is 6.42 Å². The van der Waals surface area contributed by atoms with Gasteiger partial charge in [-0.2, -0.15) is 0 Å². The molecule has 0 aliphatic carbocycles. The van der Waals surface area contributed by atoms with Gasteiger partial charge in [-0.3, -0.25) is 9.59 Å². The maximum atomic E-state index is 13.1. The maximum absolute atomic E-state index is 13.1. The van der Waals surface area contributed by atoms with E-state index in [4.69, 9.17) is 23.2 Å². The zero-order valence-corrected chi connectivity index (χ0v) is 17.9. The molecule has 4 nitrogen and oxygen atoms in total.